The first-order chi connectivity index (χ1) is 14.8. The predicted octanol–water partition coefficient (Wildman–Crippen LogP) is 3.62. The Morgan fingerprint density at radius 2 is 2.06 bits per heavy atom. The van der Waals surface area contributed by atoms with E-state index >= 15 is 4.39 Å². The van der Waals surface area contributed by atoms with Crippen LogP contribution in [0.5, 0.6) is 5.75 Å². The van der Waals surface area contributed by atoms with Gasteiger partial charge in [0.15, 0.2) is 16.5 Å². The maximum absolute atomic E-state index is 15.1. The zero-order chi connectivity index (χ0) is 21.9. The van der Waals surface area contributed by atoms with Gasteiger partial charge in [-0.15, -0.1) is 10.2 Å². The van der Waals surface area contributed by atoms with Crippen molar-refractivity contribution in [2.24, 2.45) is 0 Å². The summed E-state index contributed by atoms with van der Waals surface area (Å²) >= 11 is 5.84. The highest BCUT2D eigenvalue weighted by Gasteiger charge is 2.47. The normalized spacial score (nSPS) is 25.8. The van der Waals surface area contributed by atoms with Gasteiger partial charge in [0.05, 0.1) is 17.1 Å². The highest BCUT2D eigenvalue weighted by atomic mass is 35.5. The monoisotopic (exact) mass is 444 g/mol. The van der Waals surface area contributed by atoms with Crippen LogP contribution in [-0.4, -0.2) is 58.6 Å². The number of hydrogen-bond donors (Lipinski definition) is 1. The van der Waals surface area contributed by atoms with E-state index in [2.05, 4.69) is 15.1 Å². The zero-order valence-corrected chi connectivity index (χ0v) is 17.9. The third kappa shape index (κ3) is 3.34. The Labute approximate surface area is 183 Å². The SMILES string of the molecule is CN(c1ccc(-c2cc3oc(Cl)cc(=O)c3cc2O)nn1)[C@H]1C[C@@H]2CC[C@H]([C@H]1F)N2C. The molecule has 0 amide bonds. The van der Waals surface area contributed by atoms with Gasteiger partial charge in [0.1, 0.15) is 17.5 Å². The molecule has 7 nitrogen and oxygen atoms in total. The molecule has 0 aliphatic carbocycles. The fourth-order valence-corrected chi connectivity index (χ4v) is 5.12. The van der Waals surface area contributed by atoms with E-state index in [0.717, 1.165) is 25.3 Å². The summed E-state index contributed by atoms with van der Waals surface area (Å²) in [7, 11) is 3.85. The van der Waals surface area contributed by atoms with Crippen molar-refractivity contribution >= 4 is 28.4 Å². The number of nitrogens with zero attached hydrogens (tertiary/aromatic N) is 4. The second kappa shape index (κ2) is 7.46. The fourth-order valence-electron chi connectivity index (χ4n) is 4.94. The molecule has 31 heavy (non-hydrogen) atoms. The Hall–Kier alpha value is -2.71. The number of rotatable bonds is 3. The van der Waals surface area contributed by atoms with E-state index in [9.17, 15) is 9.90 Å². The Morgan fingerprint density at radius 3 is 2.81 bits per heavy atom. The molecule has 4 heterocycles. The van der Waals surface area contributed by atoms with Crippen molar-refractivity contribution in [3.63, 3.8) is 0 Å². The molecule has 2 aromatic heterocycles. The molecular weight excluding hydrogens is 423 g/mol. The number of fused-ring (bicyclic) bond motifs is 3. The quantitative estimate of drug-likeness (QED) is 0.660. The maximum atomic E-state index is 15.1. The standard InChI is InChI=1S/C22H22ClFN4O3/c1-27-11-3-5-15(27)22(24)16(7-11)28(2)21-6-4-14(25-26-21)12-9-19-13(8-17(12)29)18(30)10-20(23)31-19/h4,6,8-11,15-16,22,29H,3,5,7H2,1-2H3/t11-,15+,16-,22+/m0/s1. The van der Waals surface area contributed by atoms with Crippen LogP contribution in [0, 0.1) is 0 Å². The lowest BCUT2D eigenvalue weighted by Crippen LogP contribution is -2.56. The summed E-state index contributed by atoms with van der Waals surface area (Å²) in [4.78, 5) is 16.1. The van der Waals surface area contributed by atoms with E-state index in [4.69, 9.17) is 16.0 Å². The molecule has 2 bridgehead atoms. The molecule has 4 atom stereocenters. The van der Waals surface area contributed by atoms with E-state index in [0.29, 0.717) is 23.1 Å². The van der Waals surface area contributed by atoms with Crippen molar-refractivity contribution in [3.05, 3.63) is 45.8 Å². The van der Waals surface area contributed by atoms with Gasteiger partial charge in [0, 0.05) is 30.8 Å². The molecule has 162 valence electrons. The van der Waals surface area contributed by atoms with Crippen molar-refractivity contribution in [1.29, 1.82) is 0 Å². The number of aromatic nitrogens is 2. The molecule has 9 heteroatoms. The summed E-state index contributed by atoms with van der Waals surface area (Å²) in [6.07, 6.45) is 1.71. The number of halogens is 2. The molecule has 0 saturated carbocycles. The van der Waals surface area contributed by atoms with Crippen LogP contribution < -0.4 is 10.3 Å². The highest BCUT2D eigenvalue weighted by molar-refractivity contribution is 6.29. The number of piperidine rings is 1. The minimum Gasteiger partial charge on any atom is -0.507 e. The van der Waals surface area contributed by atoms with Crippen LogP contribution in [-0.2, 0) is 0 Å². The smallest absolute Gasteiger partial charge is 0.197 e. The third-order valence-electron chi connectivity index (χ3n) is 6.74. The summed E-state index contributed by atoms with van der Waals surface area (Å²) in [5.74, 6) is 0.448. The Morgan fingerprint density at radius 1 is 1.26 bits per heavy atom. The van der Waals surface area contributed by atoms with Gasteiger partial charge >= 0.3 is 0 Å². The fraction of sp³-hybridized carbons (Fsp3) is 0.409. The number of aromatic hydroxyl groups is 1. The van der Waals surface area contributed by atoms with Gasteiger partial charge in [0.2, 0.25) is 0 Å². The van der Waals surface area contributed by atoms with Crippen LogP contribution in [0.15, 0.2) is 39.5 Å². The molecule has 0 spiro atoms. The van der Waals surface area contributed by atoms with Crippen LogP contribution in [0.2, 0.25) is 5.22 Å². The van der Waals surface area contributed by atoms with E-state index in [1.807, 2.05) is 19.0 Å². The topological polar surface area (TPSA) is 82.7 Å². The number of alkyl halides is 1. The number of hydrogen-bond acceptors (Lipinski definition) is 7. The summed E-state index contributed by atoms with van der Waals surface area (Å²) in [5, 5.41) is 19.1. The van der Waals surface area contributed by atoms with Crippen LogP contribution >= 0.6 is 11.6 Å². The van der Waals surface area contributed by atoms with Crippen LogP contribution in [0.25, 0.3) is 22.2 Å². The first-order valence-corrected chi connectivity index (χ1v) is 10.6. The Bertz CT molecular complexity index is 1200. The summed E-state index contributed by atoms with van der Waals surface area (Å²) in [5.41, 5.74) is 0.666. The van der Waals surface area contributed by atoms with Gasteiger partial charge in [-0.25, -0.2) is 4.39 Å². The molecule has 0 unspecified atom stereocenters. The van der Waals surface area contributed by atoms with E-state index in [1.54, 1.807) is 12.1 Å². The molecule has 0 radical (unpaired) electrons. The number of phenols is 1. The second-order valence-electron chi connectivity index (χ2n) is 8.38. The number of benzene rings is 1. The minimum atomic E-state index is -0.951. The molecule has 2 aliphatic heterocycles. The molecule has 5 rings (SSSR count). The molecule has 2 aliphatic rings. The molecule has 3 aromatic rings. The van der Waals surface area contributed by atoms with Gasteiger partial charge in [-0.1, -0.05) is 0 Å². The van der Waals surface area contributed by atoms with Crippen LogP contribution in [0.3, 0.4) is 0 Å². The van der Waals surface area contributed by atoms with E-state index < -0.39 is 6.17 Å². The van der Waals surface area contributed by atoms with Crippen molar-refractivity contribution in [2.75, 3.05) is 19.0 Å². The third-order valence-corrected chi connectivity index (χ3v) is 6.93. The van der Waals surface area contributed by atoms with E-state index in [-0.39, 0.29) is 39.5 Å². The molecule has 2 saturated heterocycles. The summed E-state index contributed by atoms with van der Waals surface area (Å²) in [6, 6.07) is 7.56. The Kier molecular flexibility index (Phi) is 4.86. The largest absolute Gasteiger partial charge is 0.507 e. The highest BCUT2D eigenvalue weighted by Crippen LogP contribution is 2.39. The molecule has 1 N–H and O–H groups in total. The predicted molar refractivity (Wildman–Crippen MR) is 116 cm³/mol. The molecular formula is C22H22ClFN4O3. The lowest BCUT2D eigenvalue weighted by molar-refractivity contribution is 0.0701. The first-order valence-electron chi connectivity index (χ1n) is 10.2. The molecule has 2 fully saturated rings. The molecule has 1 aromatic carbocycles. The Balaban J connectivity index is 1.44. The summed E-state index contributed by atoms with van der Waals surface area (Å²) in [6.45, 7) is 0. The maximum Gasteiger partial charge on any atom is 0.197 e. The summed E-state index contributed by atoms with van der Waals surface area (Å²) < 4.78 is 20.5. The average molecular weight is 445 g/mol. The van der Waals surface area contributed by atoms with Gasteiger partial charge in [0.25, 0.3) is 0 Å². The average Bonchev–Trinajstić information content (AvgIpc) is 3.01. The lowest BCUT2D eigenvalue weighted by atomic mass is 9.95. The van der Waals surface area contributed by atoms with Crippen LogP contribution in [0.4, 0.5) is 10.2 Å². The van der Waals surface area contributed by atoms with Crippen molar-refractivity contribution < 1.29 is 13.9 Å². The van der Waals surface area contributed by atoms with Gasteiger partial charge in [-0.05, 0) is 62.2 Å². The first kappa shape index (κ1) is 20.2. The van der Waals surface area contributed by atoms with Gasteiger partial charge < -0.3 is 14.4 Å². The van der Waals surface area contributed by atoms with Crippen molar-refractivity contribution in [3.8, 4) is 17.0 Å². The van der Waals surface area contributed by atoms with E-state index in [1.165, 1.54) is 12.1 Å². The van der Waals surface area contributed by atoms with Gasteiger partial charge in [-0.2, -0.15) is 0 Å². The van der Waals surface area contributed by atoms with Crippen molar-refractivity contribution in [1.82, 2.24) is 15.1 Å². The number of anilines is 1. The zero-order valence-electron chi connectivity index (χ0n) is 17.1. The lowest BCUT2D eigenvalue weighted by Gasteiger charge is -2.43. The van der Waals surface area contributed by atoms with Crippen LogP contribution in [0.1, 0.15) is 19.3 Å². The van der Waals surface area contributed by atoms with Gasteiger partial charge in [-0.3, -0.25) is 9.69 Å². The second-order valence-corrected chi connectivity index (χ2v) is 8.75. The number of phenolic OH excluding ortho intramolecular Hbond substituents is 1. The van der Waals surface area contributed by atoms with Crippen molar-refractivity contribution in [2.45, 2.75) is 43.6 Å². The minimum absolute atomic E-state index is 0.0370.